The Morgan fingerprint density at radius 2 is 1.61 bits per heavy atom. The zero-order valence-corrected chi connectivity index (χ0v) is 19.8. The second-order valence-electron chi connectivity index (χ2n) is 8.81. The quantitative estimate of drug-likeness (QED) is 0.511. The van der Waals surface area contributed by atoms with Crippen LogP contribution in [0.5, 0.6) is 5.75 Å². The van der Waals surface area contributed by atoms with E-state index in [0.29, 0.717) is 5.56 Å². The Kier molecular flexibility index (Phi) is 7.30. The first kappa shape index (κ1) is 22.9. The third-order valence-electron chi connectivity index (χ3n) is 6.35. The maximum Gasteiger partial charge on any atom is 0.258 e. The molecule has 0 atom stereocenters. The fraction of sp³-hybridized carbons (Fsp3) is 0.321. The minimum atomic E-state index is 0.0431. The minimum absolute atomic E-state index is 0.0431. The lowest BCUT2D eigenvalue weighted by atomic mass is 10.00. The standard InChI is InChI=1S/C28H33N3O2/c1-29(2)24-14-12-22(13-15-24)21-30-18-16-25(17-19-30)31(26-10-7-11-27(20-26)33-3)28(32)23-8-5-4-6-9-23/h4-15,20,25H,16-19,21H2,1-3H3. The van der Waals surface area contributed by atoms with E-state index >= 15 is 0 Å². The Morgan fingerprint density at radius 1 is 0.909 bits per heavy atom. The third kappa shape index (κ3) is 5.55. The summed E-state index contributed by atoms with van der Waals surface area (Å²) in [5, 5.41) is 0. The van der Waals surface area contributed by atoms with E-state index in [1.807, 2.05) is 59.5 Å². The van der Waals surface area contributed by atoms with Crippen LogP contribution < -0.4 is 14.5 Å². The average Bonchev–Trinajstić information content (AvgIpc) is 2.86. The number of methoxy groups -OCH3 is 1. The van der Waals surface area contributed by atoms with Crippen molar-refractivity contribution in [2.24, 2.45) is 0 Å². The first-order valence-electron chi connectivity index (χ1n) is 11.6. The van der Waals surface area contributed by atoms with Gasteiger partial charge < -0.3 is 14.5 Å². The van der Waals surface area contributed by atoms with Gasteiger partial charge in [-0.25, -0.2) is 0 Å². The van der Waals surface area contributed by atoms with E-state index in [0.717, 1.165) is 43.9 Å². The number of carbonyl (C=O) groups is 1. The van der Waals surface area contributed by atoms with E-state index in [-0.39, 0.29) is 11.9 Å². The molecule has 1 aliphatic heterocycles. The predicted octanol–water partition coefficient (Wildman–Crippen LogP) is 5.07. The molecule has 3 aromatic carbocycles. The van der Waals surface area contributed by atoms with Crippen LogP contribution >= 0.6 is 0 Å². The number of hydrogen-bond donors (Lipinski definition) is 0. The van der Waals surface area contributed by atoms with E-state index in [1.54, 1.807) is 7.11 Å². The molecule has 0 spiro atoms. The normalized spacial score (nSPS) is 14.6. The Balaban J connectivity index is 1.48. The molecule has 5 heteroatoms. The molecule has 0 aromatic heterocycles. The summed E-state index contributed by atoms with van der Waals surface area (Å²) in [6.07, 6.45) is 1.87. The van der Waals surface area contributed by atoms with Crippen molar-refractivity contribution in [2.45, 2.75) is 25.4 Å². The summed E-state index contributed by atoms with van der Waals surface area (Å²) in [5.74, 6) is 0.804. The molecule has 1 fully saturated rings. The minimum Gasteiger partial charge on any atom is -0.497 e. The molecule has 1 aliphatic rings. The molecule has 1 heterocycles. The van der Waals surface area contributed by atoms with Gasteiger partial charge in [-0.3, -0.25) is 9.69 Å². The van der Waals surface area contributed by atoms with Gasteiger partial charge in [0.2, 0.25) is 0 Å². The van der Waals surface area contributed by atoms with Crippen LogP contribution in [0.1, 0.15) is 28.8 Å². The number of piperidine rings is 1. The first-order valence-corrected chi connectivity index (χ1v) is 11.6. The Hall–Kier alpha value is -3.31. The molecular formula is C28H33N3O2. The molecule has 4 rings (SSSR count). The van der Waals surface area contributed by atoms with E-state index in [2.05, 4.69) is 48.2 Å². The number of ether oxygens (including phenoxy) is 1. The number of amides is 1. The number of rotatable bonds is 7. The van der Waals surface area contributed by atoms with Gasteiger partial charge in [0.05, 0.1) is 7.11 Å². The van der Waals surface area contributed by atoms with E-state index in [4.69, 9.17) is 4.74 Å². The van der Waals surface area contributed by atoms with E-state index in [9.17, 15) is 4.79 Å². The zero-order valence-electron chi connectivity index (χ0n) is 19.8. The highest BCUT2D eigenvalue weighted by molar-refractivity contribution is 6.06. The molecule has 0 radical (unpaired) electrons. The molecule has 0 unspecified atom stereocenters. The summed E-state index contributed by atoms with van der Waals surface area (Å²) in [7, 11) is 5.78. The van der Waals surface area contributed by atoms with Crippen LogP contribution in [-0.2, 0) is 6.54 Å². The highest BCUT2D eigenvalue weighted by atomic mass is 16.5. The lowest BCUT2D eigenvalue weighted by Crippen LogP contribution is -2.47. The van der Waals surface area contributed by atoms with Gasteiger partial charge in [0, 0.05) is 62.8 Å². The maximum atomic E-state index is 13.6. The predicted molar refractivity (Wildman–Crippen MR) is 135 cm³/mol. The number of anilines is 2. The maximum absolute atomic E-state index is 13.6. The Bertz CT molecular complexity index is 1040. The Morgan fingerprint density at radius 3 is 2.24 bits per heavy atom. The first-order chi connectivity index (χ1) is 16.0. The molecule has 172 valence electrons. The van der Waals surface area contributed by atoms with Crippen LogP contribution in [0.25, 0.3) is 0 Å². The van der Waals surface area contributed by atoms with Crippen LogP contribution in [0.4, 0.5) is 11.4 Å². The highest BCUT2D eigenvalue weighted by Gasteiger charge is 2.30. The number of likely N-dealkylation sites (tertiary alicyclic amines) is 1. The third-order valence-corrected chi connectivity index (χ3v) is 6.35. The van der Waals surface area contributed by atoms with Gasteiger partial charge in [-0.2, -0.15) is 0 Å². The van der Waals surface area contributed by atoms with Crippen molar-refractivity contribution in [3.8, 4) is 5.75 Å². The van der Waals surface area contributed by atoms with E-state index in [1.165, 1.54) is 11.3 Å². The van der Waals surface area contributed by atoms with Crippen molar-refractivity contribution in [1.82, 2.24) is 4.90 Å². The molecule has 0 saturated carbocycles. The van der Waals surface area contributed by atoms with Gasteiger partial charge in [-0.1, -0.05) is 36.4 Å². The van der Waals surface area contributed by atoms with Crippen LogP contribution in [0.15, 0.2) is 78.9 Å². The van der Waals surface area contributed by atoms with Gasteiger partial charge in [0.1, 0.15) is 5.75 Å². The largest absolute Gasteiger partial charge is 0.497 e. The second kappa shape index (κ2) is 10.5. The van der Waals surface area contributed by atoms with Crippen molar-refractivity contribution in [3.63, 3.8) is 0 Å². The summed E-state index contributed by atoms with van der Waals surface area (Å²) in [6.45, 7) is 2.86. The van der Waals surface area contributed by atoms with Gasteiger partial charge in [-0.15, -0.1) is 0 Å². The summed E-state index contributed by atoms with van der Waals surface area (Å²) in [4.78, 5) is 20.1. The topological polar surface area (TPSA) is 36.0 Å². The summed E-state index contributed by atoms with van der Waals surface area (Å²) >= 11 is 0. The fourth-order valence-corrected chi connectivity index (χ4v) is 4.47. The van der Waals surface area contributed by atoms with E-state index < -0.39 is 0 Å². The molecule has 0 N–H and O–H groups in total. The van der Waals surface area contributed by atoms with Gasteiger partial charge >= 0.3 is 0 Å². The molecular weight excluding hydrogens is 410 g/mol. The summed E-state index contributed by atoms with van der Waals surface area (Å²) < 4.78 is 5.44. The Labute approximate surface area is 197 Å². The monoisotopic (exact) mass is 443 g/mol. The smallest absolute Gasteiger partial charge is 0.258 e. The van der Waals surface area contributed by atoms with Gasteiger partial charge in [0.15, 0.2) is 0 Å². The molecule has 5 nitrogen and oxygen atoms in total. The lowest BCUT2D eigenvalue weighted by Gasteiger charge is -2.39. The van der Waals surface area contributed by atoms with Crippen LogP contribution in [0, 0.1) is 0 Å². The molecule has 0 bridgehead atoms. The molecule has 0 aliphatic carbocycles. The SMILES string of the molecule is COc1cccc(N(C(=O)c2ccccc2)C2CCN(Cc3ccc(N(C)C)cc3)CC2)c1. The van der Waals surface area contributed by atoms with Crippen molar-refractivity contribution < 1.29 is 9.53 Å². The van der Waals surface area contributed by atoms with Gasteiger partial charge in [-0.05, 0) is 54.8 Å². The highest BCUT2D eigenvalue weighted by Crippen LogP contribution is 2.29. The average molecular weight is 444 g/mol. The van der Waals surface area contributed by atoms with Crippen molar-refractivity contribution in [1.29, 1.82) is 0 Å². The van der Waals surface area contributed by atoms with Gasteiger partial charge in [0.25, 0.3) is 5.91 Å². The molecule has 1 amide bonds. The number of nitrogens with zero attached hydrogens (tertiary/aromatic N) is 3. The number of hydrogen-bond acceptors (Lipinski definition) is 4. The van der Waals surface area contributed by atoms with Crippen molar-refractivity contribution >= 4 is 17.3 Å². The lowest BCUT2D eigenvalue weighted by molar-refractivity contribution is 0.0958. The summed E-state index contributed by atoms with van der Waals surface area (Å²) in [5.41, 5.74) is 4.14. The summed E-state index contributed by atoms with van der Waals surface area (Å²) in [6, 6.07) is 26.3. The van der Waals surface area contributed by atoms with Crippen LogP contribution in [0.2, 0.25) is 0 Å². The fourth-order valence-electron chi connectivity index (χ4n) is 4.47. The molecule has 3 aromatic rings. The molecule has 1 saturated heterocycles. The zero-order chi connectivity index (χ0) is 23.2. The number of benzene rings is 3. The van der Waals surface area contributed by atoms with Crippen molar-refractivity contribution in [3.05, 3.63) is 90.0 Å². The van der Waals surface area contributed by atoms with Crippen LogP contribution in [-0.4, -0.2) is 51.1 Å². The second-order valence-corrected chi connectivity index (χ2v) is 8.81. The van der Waals surface area contributed by atoms with Crippen LogP contribution in [0.3, 0.4) is 0 Å². The number of carbonyl (C=O) groups excluding carboxylic acids is 1. The molecule has 33 heavy (non-hydrogen) atoms. The van der Waals surface area contributed by atoms with Crippen molar-refractivity contribution in [2.75, 3.05) is 44.1 Å².